The molecule has 0 bridgehead atoms. The molecule has 0 atom stereocenters. The molecule has 2 aromatic rings. The van der Waals surface area contributed by atoms with Crippen molar-refractivity contribution >= 4 is 32.2 Å². The molecular weight excluding hydrogens is 296 g/mol. The van der Waals surface area contributed by atoms with Crippen molar-refractivity contribution in [3.8, 4) is 0 Å². The average molecular weight is 312 g/mol. The van der Waals surface area contributed by atoms with E-state index in [-0.39, 0.29) is 5.03 Å². The quantitative estimate of drug-likeness (QED) is 0.856. The minimum atomic E-state index is -3.74. The summed E-state index contributed by atoms with van der Waals surface area (Å²) in [5.41, 5.74) is 0.495. The number of hydrogen-bond donors (Lipinski definition) is 2. The van der Waals surface area contributed by atoms with E-state index in [9.17, 15) is 8.42 Å². The molecule has 0 fully saturated rings. The monoisotopic (exact) mass is 312 g/mol. The Labute approximate surface area is 122 Å². The first-order valence-corrected chi connectivity index (χ1v) is 8.47. The largest absolute Gasteiger partial charge is 0.383 e. The predicted molar refractivity (Wildman–Crippen MR) is 80.7 cm³/mol. The van der Waals surface area contributed by atoms with Crippen LogP contribution in [-0.2, 0) is 10.0 Å². The fraction of sp³-hybridized carbons (Fsp3) is 0.333. The molecule has 0 amide bonds. The number of pyridine rings is 1. The molecule has 0 unspecified atom stereocenters. The maximum Gasteiger partial charge on any atom is 0.283 e. The van der Waals surface area contributed by atoms with Crippen LogP contribution in [0.15, 0.2) is 29.6 Å². The van der Waals surface area contributed by atoms with Gasteiger partial charge in [0.05, 0.1) is 5.69 Å². The van der Waals surface area contributed by atoms with Gasteiger partial charge in [0, 0.05) is 23.8 Å². The third kappa shape index (κ3) is 3.45. The van der Waals surface area contributed by atoms with Crippen LogP contribution < -0.4 is 10.0 Å². The Hall–Kier alpha value is -1.67. The summed E-state index contributed by atoms with van der Waals surface area (Å²) in [7, 11) is -3.74. The van der Waals surface area contributed by atoms with Gasteiger partial charge in [0.15, 0.2) is 10.2 Å². The van der Waals surface area contributed by atoms with Crippen molar-refractivity contribution in [3.63, 3.8) is 0 Å². The minimum absolute atomic E-state index is 0.0127. The third-order valence-electron chi connectivity index (χ3n) is 2.43. The maximum absolute atomic E-state index is 12.3. The molecule has 0 saturated heterocycles. The van der Waals surface area contributed by atoms with Crippen molar-refractivity contribution in [3.05, 3.63) is 29.4 Å². The van der Waals surface area contributed by atoms with Crippen LogP contribution in [0.25, 0.3) is 0 Å². The molecule has 2 aromatic heterocycles. The van der Waals surface area contributed by atoms with Crippen LogP contribution in [0, 0.1) is 6.92 Å². The van der Waals surface area contributed by atoms with Gasteiger partial charge in [-0.1, -0.05) is 6.92 Å². The van der Waals surface area contributed by atoms with Gasteiger partial charge in [-0.05, 0) is 25.5 Å². The highest BCUT2D eigenvalue weighted by molar-refractivity contribution is 7.93. The predicted octanol–water partition coefficient (Wildman–Crippen LogP) is 2.47. The Kier molecular flexibility index (Phi) is 4.56. The first-order valence-electron chi connectivity index (χ1n) is 6.17. The van der Waals surface area contributed by atoms with Crippen molar-refractivity contribution < 1.29 is 8.42 Å². The highest BCUT2D eigenvalue weighted by atomic mass is 32.2. The van der Waals surface area contributed by atoms with Crippen molar-refractivity contribution in [2.75, 3.05) is 16.6 Å². The summed E-state index contributed by atoms with van der Waals surface area (Å²) in [5.74, 6) is 0. The average Bonchev–Trinajstić information content (AvgIpc) is 2.81. The second-order valence-electron chi connectivity index (χ2n) is 4.16. The van der Waals surface area contributed by atoms with Crippen LogP contribution in [0.2, 0.25) is 0 Å². The van der Waals surface area contributed by atoms with E-state index >= 15 is 0 Å². The topological polar surface area (TPSA) is 84.0 Å². The molecule has 0 spiro atoms. The van der Waals surface area contributed by atoms with E-state index in [2.05, 4.69) is 20.0 Å². The third-order valence-corrected chi connectivity index (χ3v) is 4.69. The second-order valence-corrected chi connectivity index (χ2v) is 7.00. The van der Waals surface area contributed by atoms with Crippen molar-refractivity contribution in [1.29, 1.82) is 0 Å². The molecule has 0 aliphatic carbocycles. The number of thiazole rings is 1. The van der Waals surface area contributed by atoms with Crippen LogP contribution in [0.5, 0.6) is 0 Å². The molecule has 0 aliphatic rings. The van der Waals surface area contributed by atoms with E-state index < -0.39 is 10.0 Å². The number of sulfonamides is 1. The van der Waals surface area contributed by atoms with E-state index in [1.54, 1.807) is 18.3 Å². The van der Waals surface area contributed by atoms with E-state index in [1.165, 1.54) is 17.5 Å². The van der Waals surface area contributed by atoms with Gasteiger partial charge >= 0.3 is 0 Å². The summed E-state index contributed by atoms with van der Waals surface area (Å²) in [6, 6.07) is 3.40. The fourth-order valence-electron chi connectivity index (χ4n) is 1.56. The zero-order valence-corrected chi connectivity index (χ0v) is 12.9. The molecule has 8 heteroatoms. The van der Waals surface area contributed by atoms with E-state index in [0.717, 1.165) is 11.3 Å². The van der Waals surface area contributed by atoms with E-state index in [4.69, 9.17) is 0 Å². The zero-order valence-electron chi connectivity index (χ0n) is 11.3. The molecular formula is C12H16N4O2S2. The standard InChI is InChI=1S/C12H16N4O2S2/c1-3-6-13-10-5-4-7-14-11(10)20(17,18)16-12-15-8-9(2)19-12/h4-5,7-8,13H,3,6H2,1-2H3,(H,15,16). The maximum atomic E-state index is 12.3. The molecule has 108 valence electrons. The lowest BCUT2D eigenvalue weighted by Crippen LogP contribution is -2.17. The number of nitrogens with zero attached hydrogens (tertiary/aromatic N) is 2. The highest BCUT2D eigenvalue weighted by Crippen LogP contribution is 2.23. The smallest absolute Gasteiger partial charge is 0.283 e. The number of anilines is 2. The van der Waals surface area contributed by atoms with Crippen LogP contribution >= 0.6 is 11.3 Å². The highest BCUT2D eigenvalue weighted by Gasteiger charge is 2.21. The summed E-state index contributed by atoms with van der Waals surface area (Å²) in [4.78, 5) is 8.91. The van der Waals surface area contributed by atoms with Crippen molar-refractivity contribution in [2.45, 2.75) is 25.3 Å². The second kappa shape index (κ2) is 6.19. The van der Waals surface area contributed by atoms with E-state index in [0.29, 0.717) is 17.4 Å². The van der Waals surface area contributed by atoms with Gasteiger partial charge in [0.1, 0.15) is 0 Å². The number of hydrogen-bond acceptors (Lipinski definition) is 6. The molecule has 2 N–H and O–H groups in total. The summed E-state index contributed by atoms with van der Waals surface area (Å²) < 4.78 is 27.1. The Morgan fingerprint density at radius 1 is 1.35 bits per heavy atom. The van der Waals surface area contributed by atoms with Gasteiger partial charge in [0.25, 0.3) is 10.0 Å². The first-order chi connectivity index (χ1) is 9.53. The van der Waals surface area contributed by atoms with Crippen molar-refractivity contribution in [2.24, 2.45) is 0 Å². The lowest BCUT2D eigenvalue weighted by atomic mass is 10.4. The Morgan fingerprint density at radius 2 is 2.15 bits per heavy atom. The van der Waals surface area contributed by atoms with Gasteiger partial charge in [-0.15, -0.1) is 11.3 Å². The molecule has 0 aromatic carbocycles. The van der Waals surface area contributed by atoms with Crippen LogP contribution in [0.1, 0.15) is 18.2 Å². The molecule has 20 heavy (non-hydrogen) atoms. The number of aromatic nitrogens is 2. The Balaban J connectivity index is 2.29. The Morgan fingerprint density at radius 3 is 2.80 bits per heavy atom. The summed E-state index contributed by atoms with van der Waals surface area (Å²) in [6.07, 6.45) is 3.98. The normalized spacial score (nSPS) is 11.3. The van der Waals surface area contributed by atoms with Crippen LogP contribution in [0.4, 0.5) is 10.8 Å². The number of rotatable bonds is 6. The van der Waals surface area contributed by atoms with Gasteiger partial charge in [0.2, 0.25) is 0 Å². The molecule has 6 nitrogen and oxygen atoms in total. The van der Waals surface area contributed by atoms with Gasteiger partial charge in [-0.3, -0.25) is 4.72 Å². The fourth-order valence-corrected chi connectivity index (χ4v) is 3.58. The lowest BCUT2D eigenvalue weighted by molar-refractivity contribution is 0.598. The van der Waals surface area contributed by atoms with Crippen molar-refractivity contribution in [1.82, 2.24) is 9.97 Å². The SMILES string of the molecule is CCCNc1cccnc1S(=O)(=O)Nc1ncc(C)s1. The molecule has 0 radical (unpaired) electrons. The zero-order chi connectivity index (χ0) is 14.6. The lowest BCUT2D eigenvalue weighted by Gasteiger charge is -2.10. The first kappa shape index (κ1) is 14.7. The summed E-state index contributed by atoms with van der Waals surface area (Å²) in [5, 5.41) is 3.39. The molecule has 0 saturated carbocycles. The minimum Gasteiger partial charge on any atom is -0.383 e. The summed E-state index contributed by atoms with van der Waals surface area (Å²) >= 11 is 1.28. The number of nitrogens with one attached hydrogen (secondary N) is 2. The molecule has 2 heterocycles. The van der Waals surface area contributed by atoms with Gasteiger partial charge in [-0.25, -0.2) is 9.97 Å². The summed E-state index contributed by atoms with van der Waals surface area (Å²) in [6.45, 7) is 4.56. The Bertz CT molecular complexity index is 682. The number of aryl methyl sites for hydroxylation is 1. The van der Waals surface area contributed by atoms with Crippen LogP contribution in [-0.4, -0.2) is 24.9 Å². The van der Waals surface area contributed by atoms with Gasteiger partial charge < -0.3 is 5.32 Å². The molecule has 2 rings (SSSR count). The van der Waals surface area contributed by atoms with Crippen LogP contribution in [0.3, 0.4) is 0 Å². The molecule has 0 aliphatic heterocycles. The van der Waals surface area contributed by atoms with Gasteiger partial charge in [-0.2, -0.15) is 8.42 Å². The van der Waals surface area contributed by atoms with E-state index in [1.807, 2.05) is 13.8 Å².